The van der Waals surface area contributed by atoms with Crippen LogP contribution in [0.5, 0.6) is 0 Å². The minimum absolute atomic E-state index is 0.0567. The molecule has 1 aliphatic heterocycles. The van der Waals surface area contributed by atoms with Crippen molar-refractivity contribution in [1.29, 1.82) is 0 Å². The van der Waals surface area contributed by atoms with E-state index in [2.05, 4.69) is 35.9 Å². The Balaban J connectivity index is 1.56. The number of aromatic nitrogens is 5. The van der Waals surface area contributed by atoms with Gasteiger partial charge in [-0.25, -0.2) is 0 Å². The number of hydrogen-bond acceptors (Lipinski definition) is 8. The number of rotatable bonds is 6. The molecule has 2 aliphatic rings. The second kappa shape index (κ2) is 8.40. The fourth-order valence-electron chi connectivity index (χ4n) is 4.06. The van der Waals surface area contributed by atoms with Crippen molar-refractivity contribution in [1.82, 2.24) is 30.5 Å². The van der Waals surface area contributed by atoms with E-state index in [0.29, 0.717) is 12.2 Å². The Bertz CT molecular complexity index is 1380. The van der Waals surface area contributed by atoms with Crippen molar-refractivity contribution in [3.63, 3.8) is 0 Å². The van der Waals surface area contributed by atoms with Crippen molar-refractivity contribution in [3.05, 3.63) is 35.7 Å². The molecule has 11 heteroatoms. The lowest BCUT2D eigenvalue weighted by atomic mass is 9.96. The van der Waals surface area contributed by atoms with Gasteiger partial charge in [0, 0.05) is 35.7 Å². The SMILES string of the molecule is [2H]C([2H])([2H])NC(=O)c1nnc(NC(=O)C2CC2)cc1Nc1cccc2c1N(C)[C@H](C)c1nn(CC)nc1-2. The molecule has 5 rings (SSSR count). The van der Waals surface area contributed by atoms with E-state index in [-0.39, 0.29) is 35.1 Å². The molecule has 2 aromatic heterocycles. The Hall–Kier alpha value is -4.02. The number of nitrogens with one attached hydrogen (secondary N) is 3. The number of anilines is 4. The number of aryl methyl sites for hydroxylation is 1. The summed E-state index contributed by atoms with van der Waals surface area (Å²) in [5.41, 5.74) is 3.94. The number of benzene rings is 1. The highest BCUT2D eigenvalue weighted by Gasteiger charge is 2.33. The van der Waals surface area contributed by atoms with E-state index in [1.807, 2.05) is 44.4 Å². The fourth-order valence-corrected chi connectivity index (χ4v) is 4.06. The van der Waals surface area contributed by atoms with Gasteiger partial charge in [-0.05, 0) is 32.8 Å². The van der Waals surface area contributed by atoms with E-state index in [4.69, 9.17) is 4.11 Å². The van der Waals surface area contributed by atoms with E-state index in [1.165, 1.54) is 6.07 Å². The summed E-state index contributed by atoms with van der Waals surface area (Å²) in [6.45, 7) is 1.93. The maximum absolute atomic E-state index is 12.8. The van der Waals surface area contributed by atoms with Crippen LogP contribution in [0.1, 0.15) is 53.0 Å². The smallest absolute Gasteiger partial charge is 0.273 e. The topological polar surface area (TPSA) is 130 Å². The summed E-state index contributed by atoms with van der Waals surface area (Å²) in [5.74, 6) is -0.991. The van der Waals surface area contributed by atoms with E-state index in [0.717, 1.165) is 35.5 Å². The average molecular weight is 465 g/mol. The first-order valence-electron chi connectivity index (χ1n) is 12.6. The predicted octanol–water partition coefficient (Wildman–Crippen LogP) is 2.72. The summed E-state index contributed by atoms with van der Waals surface area (Å²) >= 11 is 0. The number of nitrogens with zero attached hydrogens (tertiary/aromatic N) is 6. The minimum Gasteiger partial charge on any atom is -0.364 e. The Labute approximate surface area is 201 Å². The molecular formula is C23H27N9O2. The Morgan fingerprint density at radius 3 is 2.76 bits per heavy atom. The average Bonchev–Trinajstić information content (AvgIpc) is 3.60. The Kier molecular flexibility index (Phi) is 4.55. The molecule has 0 radical (unpaired) electrons. The summed E-state index contributed by atoms with van der Waals surface area (Å²) in [6.07, 6.45) is 1.63. The zero-order chi connectivity index (χ0) is 26.5. The molecule has 1 fully saturated rings. The standard InChI is InChI=1S/C23H27N9O2/c1-5-32-29-18-12(2)31(4)21-14(19(18)30-32)7-6-8-15(21)25-16-11-17(26-22(33)13-9-10-13)27-28-20(16)23(34)24-3/h6-8,11-13H,5,9-10H2,1-4H3,(H,24,34)(H2,25,26,27,33)/t12-/m1/s1/i3D3. The zero-order valence-corrected chi connectivity index (χ0v) is 19.1. The molecule has 3 N–H and O–H groups in total. The molecule has 0 bridgehead atoms. The molecule has 3 heterocycles. The normalized spacial score (nSPS) is 18.1. The molecule has 11 nitrogen and oxygen atoms in total. The highest BCUT2D eigenvalue weighted by Crippen LogP contribution is 2.46. The van der Waals surface area contributed by atoms with Crippen molar-refractivity contribution >= 4 is 34.7 Å². The zero-order valence-electron chi connectivity index (χ0n) is 22.1. The van der Waals surface area contributed by atoms with Crippen molar-refractivity contribution in [2.24, 2.45) is 5.92 Å². The second-order valence-corrected chi connectivity index (χ2v) is 8.45. The van der Waals surface area contributed by atoms with E-state index in [9.17, 15) is 9.59 Å². The number of hydrogen-bond donors (Lipinski definition) is 3. The molecule has 0 spiro atoms. The first kappa shape index (κ1) is 18.4. The van der Waals surface area contributed by atoms with Gasteiger partial charge in [0.1, 0.15) is 11.4 Å². The quantitative estimate of drug-likeness (QED) is 0.508. The molecule has 3 aromatic rings. The first-order chi connectivity index (χ1) is 17.6. The lowest BCUT2D eigenvalue weighted by molar-refractivity contribution is -0.117. The molecule has 1 aromatic carbocycles. The molecule has 34 heavy (non-hydrogen) atoms. The van der Waals surface area contributed by atoms with Crippen LogP contribution in [0.15, 0.2) is 24.3 Å². The van der Waals surface area contributed by atoms with Crippen LogP contribution in [0.2, 0.25) is 0 Å². The number of para-hydroxylation sites is 1. The highest BCUT2D eigenvalue weighted by atomic mass is 16.2. The molecule has 0 unspecified atom stereocenters. The fraction of sp³-hybridized carbons (Fsp3) is 0.391. The van der Waals surface area contributed by atoms with Gasteiger partial charge >= 0.3 is 0 Å². The van der Waals surface area contributed by atoms with Gasteiger partial charge in [0.15, 0.2) is 11.5 Å². The van der Waals surface area contributed by atoms with Gasteiger partial charge < -0.3 is 20.9 Å². The third kappa shape index (κ3) is 3.72. The van der Waals surface area contributed by atoms with Gasteiger partial charge in [0.05, 0.1) is 29.6 Å². The van der Waals surface area contributed by atoms with Crippen molar-refractivity contribution < 1.29 is 13.7 Å². The maximum Gasteiger partial charge on any atom is 0.273 e. The van der Waals surface area contributed by atoms with Gasteiger partial charge in [-0.3, -0.25) is 9.59 Å². The van der Waals surface area contributed by atoms with Crippen LogP contribution in [0, 0.1) is 5.92 Å². The van der Waals surface area contributed by atoms with Crippen molar-refractivity contribution in [3.8, 4) is 11.3 Å². The molecule has 2 amide bonds. The van der Waals surface area contributed by atoms with Crippen molar-refractivity contribution in [2.75, 3.05) is 29.6 Å². The summed E-state index contributed by atoms with van der Waals surface area (Å²) in [7, 11) is 1.94. The molecule has 0 saturated heterocycles. The van der Waals surface area contributed by atoms with Crippen LogP contribution in [-0.2, 0) is 11.3 Å². The van der Waals surface area contributed by atoms with Crippen LogP contribution in [0.25, 0.3) is 11.3 Å². The predicted molar refractivity (Wildman–Crippen MR) is 128 cm³/mol. The lowest BCUT2D eigenvalue weighted by Crippen LogP contribution is -2.27. The Morgan fingerprint density at radius 1 is 1.21 bits per heavy atom. The number of amides is 2. The summed E-state index contributed by atoms with van der Waals surface area (Å²) < 4.78 is 22.2. The van der Waals surface area contributed by atoms with Gasteiger partial charge in [-0.1, -0.05) is 12.1 Å². The van der Waals surface area contributed by atoms with Crippen LogP contribution in [0.3, 0.4) is 0 Å². The monoisotopic (exact) mass is 464 g/mol. The molecule has 1 aliphatic carbocycles. The summed E-state index contributed by atoms with van der Waals surface area (Å²) in [6, 6.07) is 7.04. The number of carbonyl (C=O) groups is 2. The summed E-state index contributed by atoms with van der Waals surface area (Å²) in [5, 5.41) is 25.1. The molecule has 1 atom stereocenters. The van der Waals surface area contributed by atoms with Crippen LogP contribution in [-0.4, -0.2) is 51.0 Å². The highest BCUT2D eigenvalue weighted by molar-refractivity contribution is 6.01. The minimum atomic E-state index is -2.71. The van der Waals surface area contributed by atoms with Crippen LogP contribution < -0.4 is 20.9 Å². The van der Waals surface area contributed by atoms with Gasteiger partial charge in [0.2, 0.25) is 5.91 Å². The molecule has 176 valence electrons. The first-order valence-corrected chi connectivity index (χ1v) is 11.1. The molecule has 1 saturated carbocycles. The maximum atomic E-state index is 12.8. The second-order valence-electron chi connectivity index (χ2n) is 8.45. The van der Waals surface area contributed by atoms with Gasteiger partial charge in [-0.15, -0.1) is 10.2 Å². The van der Waals surface area contributed by atoms with Crippen LogP contribution >= 0.6 is 0 Å². The van der Waals surface area contributed by atoms with Crippen molar-refractivity contribution in [2.45, 2.75) is 39.3 Å². The van der Waals surface area contributed by atoms with E-state index >= 15 is 0 Å². The summed E-state index contributed by atoms with van der Waals surface area (Å²) in [4.78, 5) is 28.8. The number of fused-ring (bicyclic) bond motifs is 3. The lowest BCUT2D eigenvalue weighted by Gasteiger charge is -2.34. The van der Waals surface area contributed by atoms with Gasteiger partial charge in [0.25, 0.3) is 5.91 Å². The molecular weight excluding hydrogens is 434 g/mol. The number of carbonyl (C=O) groups excluding carboxylic acids is 2. The third-order valence-electron chi connectivity index (χ3n) is 6.18. The van der Waals surface area contributed by atoms with E-state index < -0.39 is 12.9 Å². The largest absolute Gasteiger partial charge is 0.364 e. The Morgan fingerprint density at radius 2 is 2.03 bits per heavy atom. The van der Waals surface area contributed by atoms with Crippen LogP contribution in [0.4, 0.5) is 22.9 Å². The van der Waals surface area contributed by atoms with E-state index in [1.54, 1.807) is 4.80 Å². The van der Waals surface area contributed by atoms with Gasteiger partial charge in [-0.2, -0.15) is 15.0 Å². The third-order valence-corrected chi connectivity index (χ3v) is 6.18.